The van der Waals surface area contributed by atoms with Crippen molar-refractivity contribution in [3.8, 4) is 0 Å². The highest BCUT2D eigenvalue weighted by Crippen LogP contribution is 1.95. The lowest BCUT2D eigenvalue weighted by molar-refractivity contribution is 1.19. The Hall–Kier alpha value is -0.0431. The van der Waals surface area contributed by atoms with Crippen LogP contribution in [0.15, 0.2) is 12.7 Å². The molecule has 0 bridgehead atoms. The van der Waals surface area contributed by atoms with Crippen molar-refractivity contribution in [1.82, 2.24) is 0 Å². The molecule has 0 spiro atoms. The van der Waals surface area contributed by atoms with Crippen molar-refractivity contribution in [1.29, 1.82) is 0 Å². The first-order valence-corrected chi connectivity index (χ1v) is 5.38. The van der Waals surface area contributed by atoms with Crippen LogP contribution >= 0.6 is 0 Å². The number of hydrogen-bond donors (Lipinski definition) is 0. The molecule has 1 radical (unpaired) electrons. The maximum Gasteiger partial charge on any atom is 0.0416 e. The lowest BCUT2D eigenvalue weighted by atomic mass is 10.5. The summed E-state index contributed by atoms with van der Waals surface area (Å²) in [5, 5.41) is 0. The van der Waals surface area contributed by atoms with E-state index < -0.39 is 0 Å². The van der Waals surface area contributed by atoms with Crippen molar-refractivity contribution in [2.45, 2.75) is 25.6 Å². The van der Waals surface area contributed by atoms with Gasteiger partial charge in [-0.15, -0.1) is 6.58 Å². The molecule has 0 rings (SSSR count). The third-order valence-corrected chi connectivity index (χ3v) is 2.14. The first-order chi connectivity index (χ1) is 3.27. The van der Waals surface area contributed by atoms with E-state index in [9.17, 15) is 0 Å². The van der Waals surface area contributed by atoms with Crippen molar-refractivity contribution >= 4 is 8.80 Å². The summed E-state index contributed by atoms with van der Waals surface area (Å²) in [5.74, 6) is 0. The maximum atomic E-state index is 3.65. The summed E-state index contributed by atoms with van der Waals surface area (Å²) >= 11 is 0. The Bertz CT molecular complexity index is 48.1. The minimum Gasteiger partial charge on any atom is -0.103 e. The van der Waals surface area contributed by atoms with Crippen molar-refractivity contribution in [2.75, 3.05) is 0 Å². The van der Waals surface area contributed by atoms with E-state index in [1.807, 2.05) is 6.08 Å². The standard InChI is InChI=1S/C6H13Si/c1-4-5-6-7(2)3/h4H,1,5-6H2,2-3H3. The minimum atomic E-state index is 0.0315. The van der Waals surface area contributed by atoms with Gasteiger partial charge in [-0.3, -0.25) is 0 Å². The second kappa shape index (κ2) is 4.12. The van der Waals surface area contributed by atoms with Gasteiger partial charge in [-0.05, 0) is 6.42 Å². The Balaban J connectivity index is 2.81. The predicted molar refractivity (Wildman–Crippen MR) is 37.1 cm³/mol. The Morgan fingerprint density at radius 2 is 2.14 bits per heavy atom. The molecule has 0 aromatic rings. The van der Waals surface area contributed by atoms with E-state index in [1.165, 1.54) is 12.5 Å². The van der Waals surface area contributed by atoms with E-state index >= 15 is 0 Å². The fourth-order valence-electron chi connectivity index (χ4n) is 0.391. The first-order valence-electron chi connectivity index (χ1n) is 2.67. The largest absolute Gasteiger partial charge is 0.103 e. The van der Waals surface area contributed by atoms with E-state index in [-0.39, 0.29) is 8.80 Å². The molecule has 0 fully saturated rings. The van der Waals surface area contributed by atoms with Gasteiger partial charge in [0.2, 0.25) is 0 Å². The average molecular weight is 113 g/mol. The fraction of sp³-hybridized carbons (Fsp3) is 0.667. The van der Waals surface area contributed by atoms with Gasteiger partial charge in [0.1, 0.15) is 0 Å². The molecule has 0 saturated heterocycles. The third kappa shape index (κ3) is 5.96. The molecule has 1 heteroatoms. The van der Waals surface area contributed by atoms with E-state index in [0.717, 1.165) is 0 Å². The average Bonchev–Trinajstić information content (AvgIpc) is 1.61. The van der Waals surface area contributed by atoms with Gasteiger partial charge in [0.15, 0.2) is 0 Å². The summed E-state index contributed by atoms with van der Waals surface area (Å²) in [5.41, 5.74) is 0. The predicted octanol–water partition coefficient (Wildman–Crippen LogP) is 2.32. The van der Waals surface area contributed by atoms with E-state index in [0.29, 0.717) is 0 Å². The van der Waals surface area contributed by atoms with Crippen molar-refractivity contribution in [3.05, 3.63) is 12.7 Å². The van der Waals surface area contributed by atoms with Crippen LogP contribution in [-0.4, -0.2) is 8.80 Å². The van der Waals surface area contributed by atoms with Gasteiger partial charge in [0.25, 0.3) is 0 Å². The maximum absolute atomic E-state index is 3.65. The summed E-state index contributed by atoms with van der Waals surface area (Å²) in [7, 11) is 0.0315. The highest BCUT2D eigenvalue weighted by Gasteiger charge is 1.89. The summed E-state index contributed by atoms with van der Waals surface area (Å²) in [6.45, 7) is 8.30. The van der Waals surface area contributed by atoms with Crippen LogP contribution in [0, 0.1) is 0 Å². The van der Waals surface area contributed by atoms with Crippen LogP contribution in [0.25, 0.3) is 0 Å². The molecular weight excluding hydrogens is 100 g/mol. The van der Waals surface area contributed by atoms with Gasteiger partial charge < -0.3 is 0 Å². The van der Waals surface area contributed by atoms with Gasteiger partial charge >= 0.3 is 0 Å². The van der Waals surface area contributed by atoms with Gasteiger partial charge in [-0.2, -0.15) is 0 Å². The molecule has 0 aliphatic rings. The van der Waals surface area contributed by atoms with Gasteiger partial charge in [-0.1, -0.05) is 25.2 Å². The summed E-state index contributed by atoms with van der Waals surface area (Å²) < 4.78 is 0. The smallest absolute Gasteiger partial charge is 0.0416 e. The molecule has 0 N–H and O–H groups in total. The van der Waals surface area contributed by atoms with Gasteiger partial charge in [-0.25, -0.2) is 0 Å². The Labute approximate surface area is 47.9 Å². The molecule has 0 atom stereocenters. The van der Waals surface area contributed by atoms with Crippen LogP contribution in [0.3, 0.4) is 0 Å². The molecular formula is C6H13Si. The van der Waals surface area contributed by atoms with Crippen LogP contribution in [0.1, 0.15) is 6.42 Å². The number of rotatable bonds is 3. The fourth-order valence-corrected chi connectivity index (χ4v) is 1.17. The monoisotopic (exact) mass is 113 g/mol. The van der Waals surface area contributed by atoms with Crippen LogP contribution in [-0.2, 0) is 0 Å². The topological polar surface area (TPSA) is 0 Å². The highest BCUT2D eigenvalue weighted by molar-refractivity contribution is 6.55. The lowest BCUT2D eigenvalue weighted by Gasteiger charge is -1.94. The van der Waals surface area contributed by atoms with Gasteiger partial charge in [0.05, 0.1) is 0 Å². The molecule has 41 valence electrons. The zero-order valence-electron chi connectivity index (χ0n) is 5.20. The van der Waals surface area contributed by atoms with Crippen molar-refractivity contribution in [2.24, 2.45) is 0 Å². The van der Waals surface area contributed by atoms with E-state index in [2.05, 4.69) is 19.7 Å². The summed E-state index contributed by atoms with van der Waals surface area (Å²) in [4.78, 5) is 0. The SMILES string of the molecule is C=CCC[Si](C)C. The third-order valence-electron chi connectivity index (χ3n) is 0.848. The first kappa shape index (κ1) is 6.96. The number of allylic oxidation sites excluding steroid dienone is 1. The molecule has 0 saturated carbocycles. The molecule has 0 aromatic carbocycles. The molecule has 0 unspecified atom stereocenters. The lowest BCUT2D eigenvalue weighted by Crippen LogP contribution is -1.95. The Morgan fingerprint density at radius 3 is 2.29 bits per heavy atom. The van der Waals surface area contributed by atoms with Crippen LogP contribution in [0.4, 0.5) is 0 Å². The molecule has 0 aliphatic carbocycles. The molecule has 0 aliphatic heterocycles. The minimum absolute atomic E-state index is 0.0315. The quantitative estimate of drug-likeness (QED) is 0.389. The zero-order valence-corrected chi connectivity index (χ0v) is 6.20. The van der Waals surface area contributed by atoms with Crippen LogP contribution < -0.4 is 0 Å². The summed E-state index contributed by atoms with van der Waals surface area (Å²) in [6.07, 6.45) is 3.21. The van der Waals surface area contributed by atoms with Crippen LogP contribution in [0.5, 0.6) is 0 Å². The Morgan fingerprint density at radius 1 is 1.57 bits per heavy atom. The molecule has 7 heavy (non-hydrogen) atoms. The van der Waals surface area contributed by atoms with Crippen molar-refractivity contribution in [3.63, 3.8) is 0 Å². The van der Waals surface area contributed by atoms with Crippen molar-refractivity contribution < 1.29 is 0 Å². The molecule has 0 amide bonds. The normalized spacial score (nSPS) is 9.57. The molecule has 0 heterocycles. The number of hydrogen-bond acceptors (Lipinski definition) is 0. The summed E-state index contributed by atoms with van der Waals surface area (Å²) in [6, 6.07) is 1.38. The zero-order chi connectivity index (χ0) is 5.70. The van der Waals surface area contributed by atoms with E-state index in [1.54, 1.807) is 0 Å². The second-order valence-corrected chi connectivity index (χ2v) is 4.95. The molecule has 0 aromatic heterocycles. The Kier molecular flexibility index (Phi) is 4.10. The van der Waals surface area contributed by atoms with Crippen LogP contribution in [0.2, 0.25) is 19.1 Å². The second-order valence-electron chi connectivity index (χ2n) is 2.03. The van der Waals surface area contributed by atoms with E-state index in [4.69, 9.17) is 0 Å². The molecule has 0 nitrogen and oxygen atoms in total. The van der Waals surface area contributed by atoms with Gasteiger partial charge in [0, 0.05) is 8.80 Å². The highest BCUT2D eigenvalue weighted by atomic mass is 28.3.